The van der Waals surface area contributed by atoms with Gasteiger partial charge in [-0.3, -0.25) is 0 Å². The molecule has 3 nitrogen and oxygen atoms in total. The van der Waals surface area contributed by atoms with E-state index in [9.17, 15) is 21.6 Å². The van der Waals surface area contributed by atoms with Gasteiger partial charge in [0.05, 0.1) is 4.90 Å². The lowest BCUT2D eigenvalue weighted by atomic mass is 10.3. The molecule has 0 spiro atoms. The van der Waals surface area contributed by atoms with Crippen LogP contribution in [0.25, 0.3) is 5.32 Å². The van der Waals surface area contributed by atoms with Crippen molar-refractivity contribution in [1.82, 2.24) is 0 Å². The molecule has 1 rings (SSSR count). The summed E-state index contributed by atoms with van der Waals surface area (Å²) in [6.07, 6.45) is 0. The zero-order valence-corrected chi connectivity index (χ0v) is 8.43. The molecular formula is C8H7F3NO2S-. The smallest absolute Gasteiger partial charge is 0.501 e. The van der Waals surface area contributed by atoms with Gasteiger partial charge in [-0.1, -0.05) is 12.1 Å². The minimum Gasteiger partial charge on any atom is -0.687 e. The van der Waals surface area contributed by atoms with E-state index in [1.165, 1.54) is 19.2 Å². The van der Waals surface area contributed by atoms with Crippen LogP contribution in [0, 0.1) is 0 Å². The first kappa shape index (κ1) is 11.8. The summed E-state index contributed by atoms with van der Waals surface area (Å²) >= 11 is 0. The average molecular weight is 238 g/mol. The van der Waals surface area contributed by atoms with Crippen molar-refractivity contribution in [2.24, 2.45) is 0 Å². The van der Waals surface area contributed by atoms with Gasteiger partial charge in [0.25, 0.3) is 9.84 Å². The van der Waals surface area contributed by atoms with Crippen LogP contribution in [0.4, 0.5) is 18.9 Å². The molecule has 0 bridgehead atoms. The number of alkyl halides is 3. The van der Waals surface area contributed by atoms with Crippen LogP contribution in [-0.4, -0.2) is 21.0 Å². The Morgan fingerprint density at radius 1 is 1.13 bits per heavy atom. The van der Waals surface area contributed by atoms with Crippen LogP contribution in [0.5, 0.6) is 0 Å². The zero-order valence-electron chi connectivity index (χ0n) is 7.62. The Balaban J connectivity index is 3.18. The van der Waals surface area contributed by atoms with Crippen molar-refractivity contribution in [2.45, 2.75) is 10.4 Å². The second-order valence-corrected chi connectivity index (χ2v) is 4.61. The first-order valence-electron chi connectivity index (χ1n) is 3.80. The lowest BCUT2D eigenvalue weighted by molar-refractivity contribution is -0.0436. The summed E-state index contributed by atoms with van der Waals surface area (Å²) in [4.78, 5) is -0.776. The number of benzene rings is 1. The number of hydrogen-bond acceptors (Lipinski definition) is 2. The maximum Gasteiger partial charge on any atom is 0.501 e. The van der Waals surface area contributed by atoms with Crippen LogP contribution in [0.15, 0.2) is 29.2 Å². The van der Waals surface area contributed by atoms with Crippen LogP contribution in [0.1, 0.15) is 0 Å². The molecule has 84 valence electrons. The molecule has 0 unspecified atom stereocenters. The number of rotatable bonds is 2. The number of nitrogens with zero attached hydrogens (tertiary/aromatic N) is 1. The van der Waals surface area contributed by atoms with E-state index in [0.717, 1.165) is 12.1 Å². The van der Waals surface area contributed by atoms with Gasteiger partial charge in [0, 0.05) is 0 Å². The van der Waals surface area contributed by atoms with E-state index in [1.54, 1.807) is 0 Å². The molecule has 15 heavy (non-hydrogen) atoms. The van der Waals surface area contributed by atoms with Crippen molar-refractivity contribution in [3.63, 3.8) is 0 Å². The average Bonchev–Trinajstić information content (AvgIpc) is 2.16. The molecule has 0 heterocycles. The normalized spacial score (nSPS) is 12.5. The van der Waals surface area contributed by atoms with Crippen molar-refractivity contribution in [3.05, 3.63) is 29.6 Å². The summed E-state index contributed by atoms with van der Waals surface area (Å²) in [6, 6.07) is 4.17. The monoisotopic (exact) mass is 238 g/mol. The van der Waals surface area contributed by atoms with Gasteiger partial charge in [-0.05, 0) is 12.1 Å². The van der Waals surface area contributed by atoms with E-state index >= 15 is 0 Å². The quantitative estimate of drug-likeness (QED) is 0.795. The molecule has 0 radical (unpaired) electrons. The SMILES string of the molecule is C[N-]c1ccc(S(=O)(=O)C(F)(F)F)cc1. The zero-order chi connectivity index (χ0) is 11.7. The maximum atomic E-state index is 12.1. The van der Waals surface area contributed by atoms with Crippen LogP contribution >= 0.6 is 0 Å². The molecule has 0 aliphatic rings. The Morgan fingerprint density at radius 2 is 1.60 bits per heavy atom. The fourth-order valence-corrected chi connectivity index (χ4v) is 1.67. The first-order valence-corrected chi connectivity index (χ1v) is 5.28. The second kappa shape index (κ2) is 3.73. The van der Waals surface area contributed by atoms with E-state index in [2.05, 4.69) is 5.32 Å². The lowest BCUT2D eigenvalue weighted by Gasteiger charge is -2.14. The Bertz CT molecular complexity index is 436. The lowest BCUT2D eigenvalue weighted by Crippen LogP contribution is -2.23. The highest BCUT2D eigenvalue weighted by Crippen LogP contribution is 2.31. The molecule has 0 aliphatic carbocycles. The highest BCUT2D eigenvalue weighted by Gasteiger charge is 2.46. The predicted octanol–water partition coefficient (Wildman–Crippen LogP) is 2.62. The summed E-state index contributed by atoms with van der Waals surface area (Å²) in [7, 11) is -3.79. The second-order valence-electron chi connectivity index (χ2n) is 2.67. The van der Waals surface area contributed by atoms with Gasteiger partial charge in [0.2, 0.25) is 0 Å². The third-order valence-corrected chi connectivity index (χ3v) is 3.21. The van der Waals surface area contributed by atoms with Gasteiger partial charge in [-0.2, -0.15) is 13.2 Å². The highest BCUT2D eigenvalue weighted by molar-refractivity contribution is 7.92. The van der Waals surface area contributed by atoms with Gasteiger partial charge in [0.1, 0.15) is 0 Å². The van der Waals surface area contributed by atoms with Gasteiger partial charge in [-0.25, -0.2) is 8.42 Å². The molecule has 1 aromatic carbocycles. The molecule has 0 atom stereocenters. The maximum absolute atomic E-state index is 12.1. The van der Waals surface area contributed by atoms with E-state index in [0.29, 0.717) is 5.69 Å². The van der Waals surface area contributed by atoms with Gasteiger partial charge >= 0.3 is 5.51 Å². The summed E-state index contributed by atoms with van der Waals surface area (Å²) in [6.45, 7) is 0. The molecular weight excluding hydrogens is 231 g/mol. The van der Waals surface area contributed by atoms with Crippen molar-refractivity contribution in [3.8, 4) is 0 Å². The minimum absolute atomic E-state index is 0.413. The van der Waals surface area contributed by atoms with Crippen molar-refractivity contribution in [2.75, 3.05) is 7.05 Å². The van der Waals surface area contributed by atoms with Crippen LogP contribution < -0.4 is 0 Å². The fraction of sp³-hybridized carbons (Fsp3) is 0.250. The first-order chi connectivity index (χ1) is 6.79. The van der Waals surface area contributed by atoms with Crippen molar-refractivity contribution < 1.29 is 21.6 Å². The third-order valence-electron chi connectivity index (χ3n) is 1.71. The summed E-state index contributed by atoms with van der Waals surface area (Å²) in [5.41, 5.74) is -4.85. The van der Waals surface area contributed by atoms with Gasteiger partial charge in [0.15, 0.2) is 0 Å². The predicted molar refractivity (Wildman–Crippen MR) is 48.6 cm³/mol. The van der Waals surface area contributed by atoms with E-state index in [1.807, 2.05) is 0 Å². The van der Waals surface area contributed by atoms with E-state index in [-0.39, 0.29) is 0 Å². The molecule has 0 amide bonds. The van der Waals surface area contributed by atoms with E-state index in [4.69, 9.17) is 0 Å². The molecule has 0 fully saturated rings. The standard InChI is InChI=1S/C8H7F3NO2S/c1-12-6-2-4-7(5-3-6)15(13,14)8(9,10)11/h2-5H,1H3/q-1. The fourth-order valence-electron chi connectivity index (χ4n) is 0.908. The van der Waals surface area contributed by atoms with Crippen LogP contribution in [0.2, 0.25) is 0 Å². The van der Waals surface area contributed by atoms with Gasteiger partial charge < -0.3 is 5.32 Å². The largest absolute Gasteiger partial charge is 0.687 e. The topological polar surface area (TPSA) is 48.2 Å². The molecule has 0 saturated heterocycles. The number of halogens is 3. The Hall–Kier alpha value is -1.24. The molecule has 0 N–H and O–H groups in total. The van der Waals surface area contributed by atoms with Crippen LogP contribution in [-0.2, 0) is 9.84 Å². The Morgan fingerprint density at radius 3 is 1.93 bits per heavy atom. The molecule has 0 aliphatic heterocycles. The van der Waals surface area contributed by atoms with Crippen molar-refractivity contribution in [1.29, 1.82) is 0 Å². The molecule has 0 saturated carbocycles. The third kappa shape index (κ3) is 2.23. The Kier molecular flexibility index (Phi) is 2.94. The highest BCUT2D eigenvalue weighted by atomic mass is 32.2. The molecule has 7 heteroatoms. The molecule has 0 aromatic heterocycles. The number of sulfone groups is 1. The summed E-state index contributed by atoms with van der Waals surface area (Å²) in [5.74, 6) is 0. The van der Waals surface area contributed by atoms with Crippen LogP contribution in [0.3, 0.4) is 0 Å². The summed E-state index contributed by atoms with van der Waals surface area (Å²) in [5, 5.41) is 3.68. The summed E-state index contributed by atoms with van der Waals surface area (Å²) < 4.78 is 58.1. The van der Waals surface area contributed by atoms with Gasteiger partial charge in [-0.15, -0.1) is 12.7 Å². The number of hydrogen-bond donors (Lipinski definition) is 0. The van der Waals surface area contributed by atoms with E-state index < -0.39 is 20.2 Å². The Labute approximate surface area is 84.8 Å². The van der Waals surface area contributed by atoms with Crippen molar-refractivity contribution >= 4 is 15.5 Å². The molecule has 1 aromatic rings. The minimum atomic E-state index is -5.27.